The van der Waals surface area contributed by atoms with Crippen LogP contribution in [0.4, 0.5) is 0 Å². The van der Waals surface area contributed by atoms with Gasteiger partial charge in [-0.05, 0) is 30.3 Å². The maximum atomic E-state index is 12.3. The molecule has 0 aliphatic carbocycles. The average Bonchev–Trinajstić information content (AvgIpc) is 2.72. The topological polar surface area (TPSA) is 116 Å². The average molecular weight is 388 g/mol. The fourth-order valence-corrected chi connectivity index (χ4v) is 2.47. The smallest absolute Gasteiger partial charge is 0.340 e. The highest BCUT2D eigenvalue weighted by atomic mass is 16.5. The van der Waals surface area contributed by atoms with E-state index in [2.05, 4.69) is 10.5 Å². The maximum Gasteiger partial charge on any atom is 0.340 e. The monoisotopic (exact) mass is 388 g/mol. The van der Waals surface area contributed by atoms with Gasteiger partial charge in [0.25, 0.3) is 5.91 Å². The van der Waals surface area contributed by atoms with E-state index in [4.69, 9.17) is 18.9 Å². The van der Waals surface area contributed by atoms with Crippen LogP contribution in [-0.4, -0.2) is 51.6 Å². The Balaban J connectivity index is 2.25. The van der Waals surface area contributed by atoms with Gasteiger partial charge in [0.05, 0.1) is 34.7 Å². The van der Waals surface area contributed by atoms with Crippen molar-refractivity contribution in [3.63, 3.8) is 0 Å². The van der Waals surface area contributed by atoms with Gasteiger partial charge in [-0.3, -0.25) is 4.79 Å². The number of carbonyl (C=O) groups excluding carboxylic acids is 1. The first-order chi connectivity index (χ1) is 13.5. The zero-order valence-electron chi connectivity index (χ0n) is 15.8. The molecule has 0 spiro atoms. The van der Waals surface area contributed by atoms with E-state index in [1.165, 1.54) is 46.8 Å². The van der Waals surface area contributed by atoms with E-state index >= 15 is 0 Å². The zero-order chi connectivity index (χ0) is 20.7. The van der Waals surface area contributed by atoms with Gasteiger partial charge < -0.3 is 24.1 Å². The molecule has 0 aromatic heterocycles. The van der Waals surface area contributed by atoms with Gasteiger partial charge in [0.15, 0.2) is 23.0 Å². The summed E-state index contributed by atoms with van der Waals surface area (Å²) in [6, 6.07) is 7.68. The summed E-state index contributed by atoms with van der Waals surface area (Å²) in [5, 5.41) is 13.3. The fourth-order valence-electron chi connectivity index (χ4n) is 2.47. The van der Waals surface area contributed by atoms with Crippen LogP contribution in [0.1, 0.15) is 26.3 Å². The normalized spacial score (nSPS) is 10.4. The first-order valence-corrected chi connectivity index (χ1v) is 8.00. The van der Waals surface area contributed by atoms with Gasteiger partial charge in [0.2, 0.25) is 0 Å². The van der Waals surface area contributed by atoms with Crippen molar-refractivity contribution in [3.05, 3.63) is 47.0 Å². The molecule has 9 nitrogen and oxygen atoms in total. The van der Waals surface area contributed by atoms with Crippen LogP contribution < -0.4 is 24.4 Å². The number of nitrogens with one attached hydrogen (secondary N) is 1. The molecule has 0 aliphatic heterocycles. The summed E-state index contributed by atoms with van der Waals surface area (Å²) in [7, 11) is 5.69. The number of carboxylic acids is 1. The molecule has 1 amide bonds. The lowest BCUT2D eigenvalue weighted by molar-refractivity contribution is 0.0692. The molecule has 2 rings (SSSR count). The highest BCUT2D eigenvalue weighted by molar-refractivity contribution is 6.02. The molecule has 0 bridgehead atoms. The molecule has 28 heavy (non-hydrogen) atoms. The minimum atomic E-state index is -1.22. The Hall–Kier alpha value is -3.75. The third-order valence-corrected chi connectivity index (χ3v) is 3.81. The number of hydrogen-bond acceptors (Lipinski definition) is 7. The molecule has 0 fully saturated rings. The molecule has 0 heterocycles. The largest absolute Gasteiger partial charge is 0.493 e. The number of rotatable bonds is 8. The van der Waals surface area contributed by atoms with Gasteiger partial charge in [-0.2, -0.15) is 5.10 Å². The van der Waals surface area contributed by atoms with E-state index in [1.54, 1.807) is 18.2 Å². The van der Waals surface area contributed by atoms with Crippen molar-refractivity contribution in [1.29, 1.82) is 0 Å². The highest BCUT2D eigenvalue weighted by Gasteiger charge is 2.20. The molecule has 148 valence electrons. The van der Waals surface area contributed by atoms with Crippen molar-refractivity contribution >= 4 is 18.1 Å². The van der Waals surface area contributed by atoms with E-state index in [-0.39, 0.29) is 22.6 Å². The van der Waals surface area contributed by atoms with Crippen molar-refractivity contribution < 1.29 is 33.6 Å². The summed E-state index contributed by atoms with van der Waals surface area (Å²) < 4.78 is 20.5. The van der Waals surface area contributed by atoms with Crippen LogP contribution in [0.2, 0.25) is 0 Å². The number of carbonyl (C=O) groups is 2. The van der Waals surface area contributed by atoms with Crippen LogP contribution in [0.5, 0.6) is 23.0 Å². The predicted octanol–water partition coefficient (Wildman–Crippen LogP) is 2.18. The fraction of sp³-hybridized carbons (Fsp3) is 0.211. The van der Waals surface area contributed by atoms with Crippen LogP contribution in [0.15, 0.2) is 35.4 Å². The Morgan fingerprint density at radius 3 is 2.14 bits per heavy atom. The SMILES string of the molecule is COc1ccc(C(=O)N/N=C/c2ccc(OC)c(OC)c2C(=O)O)cc1OC. The summed E-state index contributed by atoms with van der Waals surface area (Å²) in [5.41, 5.74) is 2.73. The number of ether oxygens (including phenoxy) is 4. The number of nitrogens with zero attached hydrogens (tertiary/aromatic N) is 1. The van der Waals surface area contributed by atoms with Crippen LogP contribution in [0.25, 0.3) is 0 Å². The molecule has 2 aromatic rings. The maximum absolute atomic E-state index is 12.3. The molecule has 2 aromatic carbocycles. The van der Waals surface area contributed by atoms with Crippen molar-refractivity contribution in [2.24, 2.45) is 5.10 Å². The van der Waals surface area contributed by atoms with Gasteiger partial charge in [0, 0.05) is 11.1 Å². The standard InChI is InChI=1S/C19H20N2O7/c1-25-13-7-5-11(9-15(13)27-3)18(22)21-20-10-12-6-8-14(26-2)17(28-4)16(12)19(23)24/h5-10H,1-4H3,(H,21,22)(H,23,24)/b20-10+. The van der Waals surface area contributed by atoms with Crippen LogP contribution >= 0.6 is 0 Å². The molecule has 0 unspecified atom stereocenters. The Labute approximate surface area is 161 Å². The van der Waals surface area contributed by atoms with Gasteiger partial charge in [-0.1, -0.05) is 0 Å². The minimum absolute atomic E-state index is 0.0603. The Bertz CT molecular complexity index is 909. The number of carboxylic acid groups (broad SMARTS) is 1. The third kappa shape index (κ3) is 4.32. The van der Waals surface area contributed by atoms with Gasteiger partial charge in [-0.25, -0.2) is 10.2 Å². The zero-order valence-corrected chi connectivity index (χ0v) is 15.8. The predicted molar refractivity (Wildman–Crippen MR) is 101 cm³/mol. The third-order valence-electron chi connectivity index (χ3n) is 3.81. The molecular formula is C19H20N2O7. The van der Waals surface area contributed by atoms with E-state index in [0.29, 0.717) is 17.1 Å². The number of benzene rings is 2. The summed E-state index contributed by atoms with van der Waals surface area (Å²) in [6.07, 6.45) is 1.21. The summed E-state index contributed by atoms with van der Waals surface area (Å²) in [4.78, 5) is 23.9. The number of methoxy groups -OCH3 is 4. The van der Waals surface area contributed by atoms with E-state index in [0.717, 1.165) is 0 Å². The second-order valence-electron chi connectivity index (χ2n) is 5.34. The molecule has 0 radical (unpaired) electrons. The van der Waals surface area contributed by atoms with Gasteiger partial charge in [-0.15, -0.1) is 0 Å². The Morgan fingerprint density at radius 1 is 0.929 bits per heavy atom. The molecule has 0 saturated heterocycles. The van der Waals surface area contributed by atoms with Gasteiger partial charge >= 0.3 is 5.97 Å². The molecule has 0 aliphatic rings. The first kappa shape index (κ1) is 20.6. The van der Waals surface area contributed by atoms with Crippen molar-refractivity contribution in [2.45, 2.75) is 0 Å². The molecule has 0 saturated carbocycles. The van der Waals surface area contributed by atoms with Crippen molar-refractivity contribution in [3.8, 4) is 23.0 Å². The summed E-state index contributed by atoms with van der Waals surface area (Å²) >= 11 is 0. The number of amides is 1. The molecular weight excluding hydrogens is 368 g/mol. The minimum Gasteiger partial charge on any atom is -0.493 e. The Kier molecular flexibility index (Phi) is 6.80. The Morgan fingerprint density at radius 2 is 1.57 bits per heavy atom. The number of hydrazone groups is 1. The lowest BCUT2D eigenvalue weighted by Gasteiger charge is -2.12. The lowest BCUT2D eigenvalue weighted by Crippen LogP contribution is -2.18. The van der Waals surface area contributed by atoms with Gasteiger partial charge in [0.1, 0.15) is 5.56 Å². The van der Waals surface area contributed by atoms with Crippen LogP contribution in [-0.2, 0) is 0 Å². The summed E-state index contributed by atoms with van der Waals surface area (Å²) in [5.74, 6) is -0.513. The van der Waals surface area contributed by atoms with Crippen molar-refractivity contribution in [1.82, 2.24) is 5.43 Å². The quantitative estimate of drug-likeness (QED) is 0.526. The van der Waals surface area contributed by atoms with Crippen LogP contribution in [0, 0.1) is 0 Å². The molecule has 0 atom stereocenters. The van der Waals surface area contributed by atoms with Crippen LogP contribution in [0.3, 0.4) is 0 Å². The van der Waals surface area contributed by atoms with E-state index in [1.807, 2.05) is 0 Å². The lowest BCUT2D eigenvalue weighted by atomic mass is 10.1. The second-order valence-corrected chi connectivity index (χ2v) is 5.34. The molecule has 2 N–H and O–H groups in total. The first-order valence-electron chi connectivity index (χ1n) is 8.00. The second kappa shape index (κ2) is 9.26. The highest BCUT2D eigenvalue weighted by Crippen LogP contribution is 2.33. The molecule has 9 heteroatoms. The summed E-state index contributed by atoms with van der Waals surface area (Å²) in [6.45, 7) is 0. The number of hydrogen-bond donors (Lipinski definition) is 2. The van der Waals surface area contributed by atoms with E-state index < -0.39 is 11.9 Å². The van der Waals surface area contributed by atoms with Crippen molar-refractivity contribution in [2.75, 3.05) is 28.4 Å². The number of aromatic carboxylic acids is 1. The van der Waals surface area contributed by atoms with E-state index in [9.17, 15) is 14.7 Å².